The first-order valence-corrected chi connectivity index (χ1v) is 8.66. The highest BCUT2D eigenvalue weighted by molar-refractivity contribution is 7.90. The van der Waals surface area contributed by atoms with E-state index < -0.39 is 15.8 Å². The number of hydrogen-bond donors (Lipinski definition) is 0. The molecule has 0 heterocycles. The quantitative estimate of drug-likeness (QED) is 0.869. The van der Waals surface area contributed by atoms with Crippen molar-refractivity contribution in [3.05, 3.63) is 65.0 Å². The number of ketones is 1. The van der Waals surface area contributed by atoms with E-state index in [1.165, 1.54) is 25.1 Å². The first-order valence-electron chi connectivity index (χ1n) is 6.76. The lowest BCUT2D eigenvalue weighted by molar-refractivity contribution is -0.117. The summed E-state index contributed by atoms with van der Waals surface area (Å²) in [7, 11) is -3.28. The average molecular weight is 320 g/mol. The van der Waals surface area contributed by atoms with Gasteiger partial charge in [-0.3, -0.25) is 4.79 Å². The second-order valence-electron chi connectivity index (χ2n) is 5.39. The van der Waals surface area contributed by atoms with Crippen molar-refractivity contribution < 1.29 is 17.6 Å². The standard InChI is InChI=1S/C17H17FO3S/c1-11-10-14(6-9-16(11)18)17(12(2)19)13-4-7-15(8-5-13)22(3,20)21/h4-10,17H,1-3H3. The molecule has 3 nitrogen and oxygen atoms in total. The molecule has 0 aliphatic carbocycles. The van der Waals surface area contributed by atoms with E-state index in [9.17, 15) is 17.6 Å². The molecule has 1 atom stereocenters. The second-order valence-corrected chi connectivity index (χ2v) is 7.41. The largest absolute Gasteiger partial charge is 0.299 e. The fourth-order valence-electron chi connectivity index (χ4n) is 2.42. The van der Waals surface area contributed by atoms with Crippen LogP contribution in [0.25, 0.3) is 0 Å². The summed E-state index contributed by atoms with van der Waals surface area (Å²) in [5, 5.41) is 0. The molecular weight excluding hydrogens is 303 g/mol. The third-order valence-corrected chi connectivity index (χ3v) is 4.69. The highest BCUT2D eigenvalue weighted by Crippen LogP contribution is 2.28. The third-order valence-electron chi connectivity index (χ3n) is 3.56. The molecule has 0 aromatic heterocycles. The number of carbonyl (C=O) groups excluding carboxylic acids is 1. The van der Waals surface area contributed by atoms with Crippen molar-refractivity contribution in [3.8, 4) is 0 Å². The molecule has 2 rings (SSSR count). The van der Waals surface area contributed by atoms with Crippen molar-refractivity contribution in [1.29, 1.82) is 0 Å². The minimum atomic E-state index is -3.28. The molecule has 22 heavy (non-hydrogen) atoms. The summed E-state index contributed by atoms with van der Waals surface area (Å²) in [6, 6.07) is 10.8. The number of Topliss-reactive ketones (excluding diaryl/α,β-unsaturated/α-hetero) is 1. The van der Waals surface area contributed by atoms with Gasteiger partial charge in [0.05, 0.1) is 10.8 Å². The lowest BCUT2D eigenvalue weighted by Crippen LogP contribution is -2.11. The van der Waals surface area contributed by atoms with Crippen molar-refractivity contribution in [2.24, 2.45) is 0 Å². The topological polar surface area (TPSA) is 51.2 Å². The number of benzene rings is 2. The maximum atomic E-state index is 13.4. The van der Waals surface area contributed by atoms with Crippen LogP contribution in [-0.2, 0) is 14.6 Å². The zero-order valence-corrected chi connectivity index (χ0v) is 13.4. The molecule has 0 spiro atoms. The van der Waals surface area contributed by atoms with E-state index in [4.69, 9.17) is 0 Å². The van der Waals surface area contributed by atoms with Crippen molar-refractivity contribution >= 4 is 15.6 Å². The number of halogens is 1. The summed E-state index contributed by atoms with van der Waals surface area (Å²) < 4.78 is 36.4. The van der Waals surface area contributed by atoms with E-state index >= 15 is 0 Å². The molecule has 0 radical (unpaired) electrons. The van der Waals surface area contributed by atoms with Crippen LogP contribution in [0.5, 0.6) is 0 Å². The van der Waals surface area contributed by atoms with E-state index in [0.29, 0.717) is 16.7 Å². The van der Waals surface area contributed by atoms with Gasteiger partial charge in [0.1, 0.15) is 11.6 Å². The molecule has 0 amide bonds. The third kappa shape index (κ3) is 3.42. The molecule has 5 heteroatoms. The lowest BCUT2D eigenvalue weighted by Gasteiger charge is -2.16. The van der Waals surface area contributed by atoms with Crippen LogP contribution in [0, 0.1) is 12.7 Å². The molecule has 2 aromatic rings. The predicted molar refractivity (Wildman–Crippen MR) is 83.2 cm³/mol. The van der Waals surface area contributed by atoms with Gasteiger partial charge >= 0.3 is 0 Å². The van der Waals surface area contributed by atoms with Crippen LogP contribution in [-0.4, -0.2) is 20.5 Å². The van der Waals surface area contributed by atoms with Crippen molar-refractivity contribution in [3.63, 3.8) is 0 Å². The van der Waals surface area contributed by atoms with Crippen LogP contribution in [0.15, 0.2) is 47.4 Å². The van der Waals surface area contributed by atoms with Crippen molar-refractivity contribution in [1.82, 2.24) is 0 Å². The maximum Gasteiger partial charge on any atom is 0.175 e. The van der Waals surface area contributed by atoms with Gasteiger partial charge in [-0.05, 0) is 48.7 Å². The fourth-order valence-corrected chi connectivity index (χ4v) is 3.05. The van der Waals surface area contributed by atoms with Crippen LogP contribution in [0.2, 0.25) is 0 Å². The monoisotopic (exact) mass is 320 g/mol. The van der Waals surface area contributed by atoms with Crippen LogP contribution < -0.4 is 0 Å². The summed E-state index contributed by atoms with van der Waals surface area (Å²) in [4.78, 5) is 12.2. The van der Waals surface area contributed by atoms with Gasteiger partial charge in [0.2, 0.25) is 0 Å². The Labute approximate surface area is 129 Å². The minimum Gasteiger partial charge on any atom is -0.299 e. The van der Waals surface area contributed by atoms with E-state index in [0.717, 1.165) is 6.26 Å². The number of carbonyl (C=O) groups is 1. The first-order chi connectivity index (χ1) is 10.2. The smallest absolute Gasteiger partial charge is 0.175 e. The number of rotatable bonds is 4. The van der Waals surface area contributed by atoms with Gasteiger partial charge in [0.25, 0.3) is 0 Å². The SMILES string of the molecule is CC(=O)C(c1ccc(S(C)(=O)=O)cc1)c1ccc(F)c(C)c1. The molecule has 0 saturated heterocycles. The van der Waals surface area contributed by atoms with E-state index in [1.54, 1.807) is 31.2 Å². The number of aryl methyl sites for hydroxylation is 1. The minimum absolute atomic E-state index is 0.0851. The first kappa shape index (κ1) is 16.4. The maximum absolute atomic E-state index is 13.4. The van der Waals surface area contributed by atoms with Gasteiger partial charge in [-0.15, -0.1) is 0 Å². The molecule has 0 bridgehead atoms. The van der Waals surface area contributed by atoms with Crippen LogP contribution >= 0.6 is 0 Å². The molecule has 2 aromatic carbocycles. The Kier molecular flexibility index (Phi) is 4.47. The highest BCUT2D eigenvalue weighted by Gasteiger charge is 2.20. The molecular formula is C17H17FO3S. The van der Waals surface area contributed by atoms with E-state index in [1.807, 2.05) is 0 Å². The fraction of sp³-hybridized carbons (Fsp3) is 0.235. The van der Waals surface area contributed by atoms with Gasteiger partial charge in [-0.2, -0.15) is 0 Å². The Morgan fingerprint density at radius 2 is 1.59 bits per heavy atom. The number of hydrogen-bond acceptors (Lipinski definition) is 3. The molecule has 0 aliphatic rings. The summed E-state index contributed by atoms with van der Waals surface area (Å²) >= 11 is 0. The molecule has 1 unspecified atom stereocenters. The molecule has 0 fully saturated rings. The predicted octanol–water partition coefficient (Wildman–Crippen LogP) is 3.26. The average Bonchev–Trinajstić information content (AvgIpc) is 2.42. The second kappa shape index (κ2) is 6.01. The molecule has 0 saturated carbocycles. The van der Waals surface area contributed by atoms with Crippen LogP contribution in [0.4, 0.5) is 4.39 Å². The zero-order chi connectivity index (χ0) is 16.5. The van der Waals surface area contributed by atoms with Gasteiger partial charge in [0, 0.05) is 6.26 Å². The van der Waals surface area contributed by atoms with Gasteiger partial charge in [-0.25, -0.2) is 12.8 Å². The molecule has 0 N–H and O–H groups in total. The lowest BCUT2D eigenvalue weighted by atomic mass is 9.87. The summed E-state index contributed by atoms with van der Waals surface area (Å²) in [6.07, 6.45) is 1.13. The van der Waals surface area contributed by atoms with Crippen molar-refractivity contribution in [2.75, 3.05) is 6.26 Å². The van der Waals surface area contributed by atoms with E-state index in [2.05, 4.69) is 0 Å². The van der Waals surface area contributed by atoms with Crippen molar-refractivity contribution in [2.45, 2.75) is 24.7 Å². The Bertz CT molecular complexity index is 808. The van der Waals surface area contributed by atoms with Gasteiger partial charge < -0.3 is 0 Å². The zero-order valence-electron chi connectivity index (χ0n) is 12.6. The Morgan fingerprint density at radius 1 is 1.05 bits per heavy atom. The Hall–Kier alpha value is -2.01. The number of sulfone groups is 1. The molecule has 116 valence electrons. The van der Waals surface area contributed by atoms with Crippen LogP contribution in [0.1, 0.15) is 29.5 Å². The Balaban J connectivity index is 2.48. The highest BCUT2D eigenvalue weighted by atomic mass is 32.2. The summed E-state index contributed by atoms with van der Waals surface area (Å²) in [5.74, 6) is -0.940. The van der Waals surface area contributed by atoms with E-state index in [-0.39, 0.29) is 16.5 Å². The molecule has 0 aliphatic heterocycles. The van der Waals surface area contributed by atoms with Crippen LogP contribution in [0.3, 0.4) is 0 Å². The van der Waals surface area contributed by atoms with Gasteiger partial charge in [0.15, 0.2) is 9.84 Å². The Morgan fingerprint density at radius 3 is 2.05 bits per heavy atom. The summed E-state index contributed by atoms with van der Waals surface area (Å²) in [6.45, 7) is 3.11. The van der Waals surface area contributed by atoms with Gasteiger partial charge in [-0.1, -0.05) is 24.3 Å². The summed E-state index contributed by atoms with van der Waals surface area (Å²) in [5.41, 5.74) is 1.85. The normalized spacial score (nSPS) is 12.9.